The summed E-state index contributed by atoms with van der Waals surface area (Å²) in [6.45, 7) is 0. The molecule has 0 saturated heterocycles. The number of nitrogens with one attached hydrogen (secondary N) is 3. The third-order valence-electron chi connectivity index (χ3n) is 3.53. The summed E-state index contributed by atoms with van der Waals surface area (Å²) < 4.78 is 27.3. The molecule has 3 N–H and O–H groups in total. The molecule has 0 spiro atoms. The number of amides is 2. The Bertz CT molecular complexity index is 1040. The molecular weight excluding hydrogens is 386 g/mol. The van der Waals surface area contributed by atoms with Gasteiger partial charge in [0.2, 0.25) is 0 Å². The summed E-state index contributed by atoms with van der Waals surface area (Å²) in [5, 5.41) is 5.80. The fourth-order valence-corrected chi connectivity index (χ4v) is 3.48. The smallest absolute Gasteiger partial charge is 0.308 e. The molecule has 3 aromatic carbocycles. The number of hydrogen-bond donors (Lipinski definition) is 3. The van der Waals surface area contributed by atoms with Crippen LogP contribution in [0.3, 0.4) is 0 Å². The molecule has 2 amide bonds. The van der Waals surface area contributed by atoms with Gasteiger partial charge in [-0.3, -0.25) is 4.72 Å². The highest BCUT2D eigenvalue weighted by atomic mass is 35.5. The van der Waals surface area contributed by atoms with E-state index in [1.807, 2.05) is 18.2 Å². The van der Waals surface area contributed by atoms with Crippen molar-refractivity contribution < 1.29 is 13.2 Å². The molecule has 0 aromatic heterocycles. The monoisotopic (exact) mass is 401 g/mol. The van der Waals surface area contributed by atoms with Gasteiger partial charge in [0.1, 0.15) is 0 Å². The first-order valence-electron chi connectivity index (χ1n) is 7.94. The third kappa shape index (κ3) is 5.22. The topological polar surface area (TPSA) is 87.3 Å². The SMILES string of the molecule is O=C(Nc1ccccc1)Nc1cccc(NS(=O)(=O)c2ccc(Cl)cc2)c1. The van der Waals surface area contributed by atoms with Crippen molar-refractivity contribution in [2.24, 2.45) is 0 Å². The van der Waals surface area contributed by atoms with Crippen molar-refractivity contribution in [3.05, 3.63) is 83.9 Å². The van der Waals surface area contributed by atoms with Crippen molar-refractivity contribution in [3.63, 3.8) is 0 Å². The van der Waals surface area contributed by atoms with E-state index >= 15 is 0 Å². The molecule has 0 atom stereocenters. The van der Waals surface area contributed by atoms with Gasteiger partial charge in [0.05, 0.1) is 10.6 Å². The first-order valence-corrected chi connectivity index (χ1v) is 9.80. The Morgan fingerprint density at radius 2 is 1.33 bits per heavy atom. The number of rotatable bonds is 5. The second kappa shape index (κ2) is 8.11. The van der Waals surface area contributed by atoms with Crippen molar-refractivity contribution in [1.82, 2.24) is 0 Å². The van der Waals surface area contributed by atoms with Gasteiger partial charge in [-0.15, -0.1) is 0 Å². The van der Waals surface area contributed by atoms with Crippen LogP contribution in [0.5, 0.6) is 0 Å². The molecule has 0 aliphatic carbocycles. The van der Waals surface area contributed by atoms with Crippen LogP contribution in [-0.2, 0) is 10.0 Å². The normalized spacial score (nSPS) is 10.9. The number of para-hydroxylation sites is 1. The molecule has 0 radical (unpaired) electrons. The van der Waals surface area contributed by atoms with Crippen molar-refractivity contribution in [2.45, 2.75) is 4.90 Å². The lowest BCUT2D eigenvalue weighted by Gasteiger charge is -2.11. The molecule has 0 unspecified atom stereocenters. The van der Waals surface area contributed by atoms with Crippen molar-refractivity contribution in [2.75, 3.05) is 15.4 Å². The van der Waals surface area contributed by atoms with E-state index in [0.717, 1.165) is 0 Å². The quantitative estimate of drug-likeness (QED) is 0.574. The Labute approximate surface area is 162 Å². The maximum absolute atomic E-state index is 12.4. The van der Waals surface area contributed by atoms with Gasteiger partial charge in [-0.25, -0.2) is 13.2 Å². The molecule has 3 aromatic rings. The molecular formula is C19H16ClN3O3S. The molecule has 8 heteroatoms. The standard InChI is InChI=1S/C19H16ClN3O3S/c20-14-9-11-18(12-10-14)27(25,26)23-17-8-4-7-16(13-17)22-19(24)21-15-5-2-1-3-6-15/h1-13,23H,(H2,21,22,24). The Morgan fingerprint density at radius 3 is 2.04 bits per heavy atom. The molecule has 0 aliphatic rings. The Balaban J connectivity index is 1.70. The Kier molecular flexibility index (Phi) is 5.63. The molecule has 6 nitrogen and oxygen atoms in total. The fraction of sp³-hybridized carbons (Fsp3) is 0. The lowest BCUT2D eigenvalue weighted by atomic mass is 10.3. The van der Waals surface area contributed by atoms with Gasteiger partial charge >= 0.3 is 6.03 Å². The lowest BCUT2D eigenvalue weighted by Crippen LogP contribution is -2.19. The van der Waals surface area contributed by atoms with Crippen molar-refractivity contribution in [3.8, 4) is 0 Å². The van der Waals surface area contributed by atoms with Gasteiger partial charge < -0.3 is 10.6 Å². The highest BCUT2D eigenvalue weighted by molar-refractivity contribution is 7.92. The van der Waals surface area contributed by atoms with E-state index in [1.54, 1.807) is 30.3 Å². The third-order valence-corrected chi connectivity index (χ3v) is 5.18. The van der Waals surface area contributed by atoms with Gasteiger partial charge in [0.15, 0.2) is 0 Å². The van der Waals surface area contributed by atoms with E-state index in [9.17, 15) is 13.2 Å². The van der Waals surface area contributed by atoms with Crippen LogP contribution in [0.1, 0.15) is 0 Å². The zero-order chi connectivity index (χ0) is 19.3. The first-order chi connectivity index (χ1) is 12.9. The Morgan fingerprint density at radius 1 is 0.741 bits per heavy atom. The summed E-state index contributed by atoms with van der Waals surface area (Å²) in [6.07, 6.45) is 0. The number of hydrogen-bond acceptors (Lipinski definition) is 3. The average Bonchev–Trinajstić information content (AvgIpc) is 2.62. The number of sulfonamides is 1. The minimum absolute atomic E-state index is 0.0899. The number of halogens is 1. The van der Waals surface area contributed by atoms with Crippen LogP contribution in [0.15, 0.2) is 83.8 Å². The van der Waals surface area contributed by atoms with E-state index in [2.05, 4.69) is 15.4 Å². The summed E-state index contributed by atoms with van der Waals surface area (Å²) in [6, 6.07) is 20.8. The second-order valence-electron chi connectivity index (χ2n) is 5.59. The van der Waals surface area contributed by atoms with Crippen LogP contribution in [0.25, 0.3) is 0 Å². The lowest BCUT2D eigenvalue weighted by molar-refractivity contribution is 0.262. The largest absolute Gasteiger partial charge is 0.323 e. The van der Waals surface area contributed by atoms with Crippen molar-refractivity contribution >= 4 is 44.7 Å². The molecule has 27 heavy (non-hydrogen) atoms. The molecule has 3 rings (SSSR count). The number of benzene rings is 3. The zero-order valence-electron chi connectivity index (χ0n) is 14.0. The average molecular weight is 402 g/mol. The minimum atomic E-state index is -3.76. The van der Waals surface area contributed by atoms with Gasteiger partial charge in [-0.05, 0) is 54.6 Å². The maximum atomic E-state index is 12.4. The number of anilines is 3. The van der Waals surface area contributed by atoms with Crippen LogP contribution in [0, 0.1) is 0 Å². The highest BCUT2D eigenvalue weighted by Crippen LogP contribution is 2.21. The van der Waals surface area contributed by atoms with Crippen LogP contribution in [0.2, 0.25) is 5.02 Å². The van der Waals surface area contributed by atoms with E-state index in [0.29, 0.717) is 22.1 Å². The number of carbonyl (C=O) groups is 1. The fourth-order valence-electron chi connectivity index (χ4n) is 2.30. The highest BCUT2D eigenvalue weighted by Gasteiger charge is 2.14. The van der Waals surface area contributed by atoms with Gasteiger partial charge in [-0.2, -0.15) is 0 Å². The van der Waals surface area contributed by atoms with Crippen LogP contribution < -0.4 is 15.4 Å². The van der Waals surface area contributed by atoms with E-state index < -0.39 is 16.1 Å². The predicted molar refractivity (Wildman–Crippen MR) is 108 cm³/mol. The molecule has 0 bridgehead atoms. The van der Waals surface area contributed by atoms with Gasteiger partial charge in [0, 0.05) is 16.4 Å². The molecule has 0 saturated carbocycles. The molecule has 0 fully saturated rings. The second-order valence-corrected chi connectivity index (χ2v) is 7.70. The first kappa shape index (κ1) is 18.8. The summed E-state index contributed by atoms with van der Waals surface area (Å²) in [5.41, 5.74) is 1.41. The van der Waals surface area contributed by atoms with E-state index in [1.165, 1.54) is 30.3 Å². The summed E-state index contributed by atoms with van der Waals surface area (Å²) in [7, 11) is -3.76. The van der Waals surface area contributed by atoms with E-state index in [-0.39, 0.29) is 4.90 Å². The molecule has 0 heterocycles. The van der Waals surface area contributed by atoms with Crippen molar-refractivity contribution in [1.29, 1.82) is 0 Å². The molecule has 138 valence electrons. The molecule has 0 aliphatic heterocycles. The van der Waals surface area contributed by atoms with E-state index in [4.69, 9.17) is 11.6 Å². The van der Waals surface area contributed by atoms with Crippen LogP contribution in [0.4, 0.5) is 21.9 Å². The van der Waals surface area contributed by atoms with Crippen LogP contribution in [-0.4, -0.2) is 14.4 Å². The maximum Gasteiger partial charge on any atom is 0.323 e. The number of carbonyl (C=O) groups excluding carboxylic acids is 1. The van der Waals surface area contributed by atoms with Gasteiger partial charge in [-0.1, -0.05) is 35.9 Å². The van der Waals surface area contributed by atoms with Crippen LogP contribution >= 0.6 is 11.6 Å². The Hall–Kier alpha value is -3.03. The zero-order valence-corrected chi connectivity index (χ0v) is 15.6. The van der Waals surface area contributed by atoms with Gasteiger partial charge in [0.25, 0.3) is 10.0 Å². The summed E-state index contributed by atoms with van der Waals surface area (Å²) in [5.74, 6) is 0. The predicted octanol–water partition coefficient (Wildman–Crippen LogP) is 4.78. The summed E-state index contributed by atoms with van der Waals surface area (Å²) in [4.78, 5) is 12.1. The summed E-state index contributed by atoms with van der Waals surface area (Å²) >= 11 is 5.79. The minimum Gasteiger partial charge on any atom is -0.308 e. The number of urea groups is 1.